The summed E-state index contributed by atoms with van der Waals surface area (Å²) >= 11 is 2.48. The van der Waals surface area contributed by atoms with Crippen molar-refractivity contribution in [3.63, 3.8) is 0 Å². The Morgan fingerprint density at radius 2 is 1.52 bits per heavy atom. The van der Waals surface area contributed by atoms with Crippen molar-refractivity contribution >= 4 is 29.1 Å². The molecule has 2 heterocycles. The molecule has 1 aromatic heterocycles. The molecule has 150 valence electrons. The van der Waals surface area contributed by atoms with Gasteiger partial charge in [-0.3, -0.25) is 9.59 Å². The fraction of sp³-hybridized carbons (Fsp3) is 0.238. The lowest BCUT2D eigenvalue weighted by atomic mass is 9.80. The van der Waals surface area contributed by atoms with Crippen molar-refractivity contribution in [3.8, 4) is 11.5 Å². The number of ether oxygens (including phenoxy) is 2. The molecule has 0 bridgehead atoms. The van der Waals surface area contributed by atoms with E-state index in [1.54, 1.807) is 14.2 Å². The first-order valence-corrected chi connectivity index (χ1v) is 10.6. The fourth-order valence-corrected chi connectivity index (χ4v) is 6.27. The summed E-state index contributed by atoms with van der Waals surface area (Å²) in [6.45, 7) is 0. The molecular weight excluding hydrogens is 410 g/mol. The second kappa shape index (κ2) is 7.96. The summed E-state index contributed by atoms with van der Waals surface area (Å²) in [7, 11) is 3.18. The molecule has 1 aliphatic rings. The molecule has 3 aromatic rings. The third-order valence-corrected chi connectivity index (χ3v) is 7.53. The van der Waals surface area contributed by atoms with Crippen LogP contribution in [-0.2, 0) is 4.79 Å². The Morgan fingerprint density at radius 1 is 0.966 bits per heavy atom. The molecule has 1 aliphatic heterocycles. The SMILES string of the molecule is COc1ccc([C@@H]2c3sc(=O)[nH]c3S[C@@H](c3ccc(OC)cc3)[C@H]2C(=O)O)cc1. The van der Waals surface area contributed by atoms with Crippen LogP contribution in [0.15, 0.2) is 58.4 Å². The van der Waals surface area contributed by atoms with E-state index in [1.807, 2.05) is 48.5 Å². The topological polar surface area (TPSA) is 88.6 Å². The van der Waals surface area contributed by atoms with Gasteiger partial charge in [0.25, 0.3) is 0 Å². The summed E-state index contributed by atoms with van der Waals surface area (Å²) < 4.78 is 10.5. The van der Waals surface area contributed by atoms with Crippen LogP contribution < -0.4 is 14.3 Å². The molecule has 8 heteroatoms. The molecule has 0 aliphatic carbocycles. The number of H-pyrrole nitrogens is 1. The third-order valence-electron chi connectivity index (χ3n) is 5.06. The highest BCUT2D eigenvalue weighted by molar-refractivity contribution is 7.99. The van der Waals surface area contributed by atoms with E-state index in [0.29, 0.717) is 11.5 Å². The Labute approximate surface area is 175 Å². The van der Waals surface area contributed by atoms with Crippen molar-refractivity contribution < 1.29 is 19.4 Å². The van der Waals surface area contributed by atoms with Crippen LogP contribution in [0, 0.1) is 5.92 Å². The van der Waals surface area contributed by atoms with E-state index in [4.69, 9.17) is 9.47 Å². The van der Waals surface area contributed by atoms with Crippen LogP contribution in [0.5, 0.6) is 11.5 Å². The standard InChI is InChI=1S/C21H19NO5S2/c1-26-13-7-3-11(4-8-13)15-16(20(23)24)17(12-5-9-14(27-2)10-6-12)28-19-18(15)29-21(25)22-19/h3-10,15-17H,1-2H3,(H,22,25)(H,23,24)/t15-,16-,17-/m0/s1. The van der Waals surface area contributed by atoms with E-state index in [2.05, 4.69) is 4.98 Å². The van der Waals surface area contributed by atoms with Crippen LogP contribution in [0.25, 0.3) is 0 Å². The normalized spacial score (nSPS) is 20.7. The minimum atomic E-state index is -0.898. The molecule has 0 saturated heterocycles. The molecule has 2 N–H and O–H groups in total. The highest BCUT2D eigenvalue weighted by atomic mass is 32.2. The summed E-state index contributed by atoms with van der Waals surface area (Å²) in [5.74, 6) is -0.671. The Kier molecular flexibility index (Phi) is 5.38. The molecule has 29 heavy (non-hydrogen) atoms. The average Bonchev–Trinajstić information content (AvgIpc) is 3.12. The van der Waals surface area contributed by atoms with E-state index in [1.165, 1.54) is 11.8 Å². The monoisotopic (exact) mass is 429 g/mol. The Bertz CT molecular complexity index is 1070. The molecule has 0 amide bonds. The van der Waals surface area contributed by atoms with Gasteiger partial charge in [-0.15, -0.1) is 0 Å². The third kappa shape index (κ3) is 3.65. The second-order valence-corrected chi connectivity index (χ2v) is 8.80. The molecule has 4 rings (SSSR count). The van der Waals surface area contributed by atoms with Crippen molar-refractivity contribution in [1.29, 1.82) is 0 Å². The van der Waals surface area contributed by atoms with Crippen LogP contribution in [0.1, 0.15) is 27.2 Å². The Hall–Kier alpha value is -2.71. The minimum Gasteiger partial charge on any atom is -0.497 e. The summed E-state index contributed by atoms with van der Waals surface area (Å²) in [5, 5.41) is 10.6. The number of rotatable bonds is 5. The van der Waals surface area contributed by atoms with Crippen molar-refractivity contribution in [2.75, 3.05) is 14.2 Å². The first-order valence-electron chi connectivity index (χ1n) is 8.92. The first-order chi connectivity index (χ1) is 14.0. The van der Waals surface area contributed by atoms with Crippen LogP contribution >= 0.6 is 23.1 Å². The van der Waals surface area contributed by atoms with Crippen molar-refractivity contribution in [2.45, 2.75) is 16.2 Å². The van der Waals surface area contributed by atoms with Gasteiger partial charge in [-0.25, -0.2) is 0 Å². The number of nitrogens with one attached hydrogen (secondary N) is 1. The number of benzene rings is 2. The van der Waals surface area contributed by atoms with E-state index >= 15 is 0 Å². The number of thioether (sulfide) groups is 1. The molecule has 0 unspecified atom stereocenters. The zero-order chi connectivity index (χ0) is 20.5. The molecule has 0 spiro atoms. The molecule has 0 fully saturated rings. The van der Waals surface area contributed by atoms with E-state index in [0.717, 1.165) is 32.4 Å². The van der Waals surface area contributed by atoms with Gasteiger partial charge in [0.05, 0.1) is 30.4 Å². The highest BCUT2D eigenvalue weighted by Crippen LogP contribution is 2.55. The van der Waals surface area contributed by atoms with Gasteiger partial charge >= 0.3 is 10.8 Å². The number of carboxylic acids is 1. The molecule has 2 aromatic carbocycles. The second-order valence-electron chi connectivity index (χ2n) is 6.63. The van der Waals surface area contributed by atoms with Gasteiger partial charge in [0.15, 0.2) is 0 Å². The lowest BCUT2D eigenvalue weighted by Gasteiger charge is -2.35. The highest BCUT2D eigenvalue weighted by Gasteiger charge is 2.45. The lowest BCUT2D eigenvalue weighted by Crippen LogP contribution is -2.30. The largest absolute Gasteiger partial charge is 0.497 e. The number of hydrogen-bond acceptors (Lipinski definition) is 6. The zero-order valence-electron chi connectivity index (χ0n) is 15.7. The van der Waals surface area contributed by atoms with Gasteiger partial charge in [-0.2, -0.15) is 0 Å². The number of hydrogen-bond donors (Lipinski definition) is 2. The number of aromatic amines is 1. The van der Waals surface area contributed by atoms with Gasteiger partial charge in [0.1, 0.15) is 11.5 Å². The van der Waals surface area contributed by atoms with Gasteiger partial charge in [-0.1, -0.05) is 47.4 Å². The Morgan fingerprint density at radius 3 is 2.03 bits per heavy atom. The number of methoxy groups -OCH3 is 2. The molecule has 3 atom stereocenters. The van der Waals surface area contributed by atoms with Gasteiger partial charge in [-0.05, 0) is 35.4 Å². The predicted molar refractivity (Wildman–Crippen MR) is 112 cm³/mol. The van der Waals surface area contributed by atoms with Crippen molar-refractivity contribution in [2.24, 2.45) is 5.92 Å². The molecule has 0 radical (unpaired) electrons. The minimum absolute atomic E-state index is 0.180. The quantitative estimate of drug-likeness (QED) is 0.634. The summed E-state index contributed by atoms with van der Waals surface area (Å²) in [6.07, 6.45) is 0. The number of thiazole rings is 1. The maximum atomic E-state index is 12.4. The zero-order valence-corrected chi connectivity index (χ0v) is 17.4. The summed E-state index contributed by atoms with van der Waals surface area (Å²) in [5.41, 5.74) is 1.72. The van der Waals surface area contributed by atoms with Gasteiger partial charge in [0.2, 0.25) is 0 Å². The predicted octanol–water partition coefficient (Wildman–Crippen LogP) is 4.13. The smallest absolute Gasteiger partial charge is 0.308 e. The van der Waals surface area contributed by atoms with Crippen LogP contribution in [0.4, 0.5) is 0 Å². The van der Waals surface area contributed by atoms with Crippen LogP contribution in [0.3, 0.4) is 0 Å². The fourth-order valence-electron chi connectivity index (χ4n) is 3.67. The van der Waals surface area contributed by atoms with Crippen molar-refractivity contribution in [1.82, 2.24) is 4.98 Å². The number of carboxylic acid groups (broad SMARTS) is 1. The van der Waals surface area contributed by atoms with Crippen LogP contribution in [-0.4, -0.2) is 30.3 Å². The molecule has 0 saturated carbocycles. The van der Waals surface area contributed by atoms with Crippen molar-refractivity contribution in [3.05, 3.63) is 74.2 Å². The van der Waals surface area contributed by atoms with Gasteiger partial charge < -0.3 is 19.6 Å². The van der Waals surface area contributed by atoms with E-state index in [9.17, 15) is 14.7 Å². The maximum absolute atomic E-state index is 12.4. The lowest BCUT2D eigenvalue weighted by molar-refractivity contribution is -0.142. The van der Waals surface area contributed by atoms with Crippen LogP contribution in [0.2, 0.25) is 0 Å². The first kappa shape index (κ1) is 19.6. The molecular formula is C21H19NO5S2. The number of aliphatic carboxylic acids is 1. The summed E-state index contributed by atoms with van der Waals surface area (Å²) in [4.78, 5) is 28.0. The summed E-state index contributed by atoms with van der Waals surface area (Å²) in [6, 6.07) is 14.8. The number of carbonyl (C=O) groups is 1. The number of aromatic nitrogens is 1. The average molecular weight is 430 g/mol. The number of fused-ring (bicyclic) bond motifs is 1. The Balaban J connectivity index is 1.85. The maximum Gasteiger partial charge on any atom is 0.308 e. The van der Waals surface area contributed by atoms with E-state index in [-0.39, 0.29) is 10.1 Å². The van der Waals surface area contributed by atoms with E-state index < -0.39 is 17.8 Å². The van der Waals surface area contributed by atoms with Gasteiger partial charge in [0, 0.05) is 10.8 Å². The molecule has 6 nitrogen and oxygen atoms in total.